The number of piperazine rings is 1. The number of rotatable bonds is 8. The second-order valence-electron chi connectivity index (χ2n) is 5.85. The van der Waals surface area contributed by atoms with Crippen molar-refractivity contribution >= 4 is 35.9 Å². The minimum absolute atomic E-state index is 0. The monoisotopic (exact) mass is 387 g/mol. The zero-order valence-electron chi connectivity index (χ0n) is 15.2. The van der Waals surface area contributed by atoms with E-state index in [1.54, 1.807) is 0 Å². The first-order valence-electron chi connectivity index (χ1n) is 8.75. The number of hydrogen-bond acceptors (Lipinski definition) is 5. The summed E-state index contributed by atoms with van der Waals surface area (Å²) in [6.07, 6.45) is 1.75. The highest BCUT2D eigenvalue weighted by Crippen LogP contribution is 2.30. The van der Waals surface area contributed by atoms with Crippen LogP contribution in [-0.2, 0) is 4.74 Å². The molecule has 2 rings (SSSR count). The number of alkyl carbamates (subject to hydrolysis) is 1. The van der Waals surface area contributed by atoms with Crippen molar-refractivity contribution in [1.82, 2.24) is 10.2 Å². The molecule has 7 heteroatoms. The van der Waals surface area contributed by atoms with Gasteiger partial charge in [0.2, 0.25) is 0 Å². The number of unbranched alkanes of at least 4 members (excludes halogenated alkanes) is 1. The third-order valence-electron chi connectivity index (χ3n) is 4.23. The number of para-hydroxylation sites is 1. The van der Waals surface area contributed by atoms with Crippen LogP contribution in [0.5, 0.6) is 0 Å². The molecule has 1 heterocycles. The zero-order chi connectivity index (χ0) is 17.2. The average Bonchev–Trinajstić information content (AvgIpc) is 2.62. The number of nitrogens with one attached hydrogen (secondary N) is 1. The molecule has 0 bridgehead atoms. The van der Waals surface area contributed by atoms with Gasteiger partial charge in [0, 0.05) is 37.6 Å². The normalized spacial score (nSPS) is 14.7. The van der Waals surface area contributed by atoms with E-state index in [9.17, 15) is 4.79 Å². The van der Waals surface area contributed by atoms with E-state index < -0.39 is 0 Å². The predicted molar refractivity (Wildman–Crippen MR) is 108 cm³/mol. The summed E-state index contributed by atoms with van der Waals surface area (Å²) < 4.78 is 4.56. The van der Waals surface area contributed by atoms with E-state index in [0.717, 1.165) is 51.3 Å². The van der Waals surface area contributed by atoms with Crippen LogP contribution in [0.3, 0.4) is 0 Å². The highest BCUT2D eigenvalue weighted by molar-refractivity contribution is 7.99. The third kappa shape index (κ3) is 7.34. The Kier molecular flexibility index (Phi) is 10.8. The second-order valence-corrected chi connectivity index (χ2v) is 7.16. The minimum atomic E-state index is -0.341. The maximum absolute atomic E-state index is 11.0. The fourth-order valence-electron chi connectivity index (χ4n) is 2.93. The molecule has 25 heavy (non-hydrogen) atoms. The van der Waals surface area contributed by atoms with Crippen LogP contribution in [-0.4, -0.2) is 63.1 Å². The molecule has 0 unspecified atom stereocenters. The van der Waals surface area contributed by atoms with Gasteiger partial charge in [-0.1, -0.05) is 19.1 Å². The van der Waals surface area contributed by atoms with Crippen molar-refractivity contribution in [2.45, 2.75) is 24.7 Å². The average molecular weight is 388 g/mol. The second kappa shape index (κ2) is 12.3. The topological polar surface area (TPSA) is 44.8 Å². The van der Waals surface area contributed by atoms with Gasteiger partial charge in [-0.15, -0.1) is 24.2 Å². The van der Waals surface area contributed by atoms with E-state index in [1.165, 1.54) is 17.7 Å². The Morgan fingerprint density at radius 3 is 2.60 bits per heavy atom. The highest BCUT2D eigenvalue weighted by atomic mass is 35.5. The number of hydrogen-bond donors (Lipinski definition) is 1. The first-order valence-corrected chi connectivity index (χ1v) is 9.74. The Bertz CT molecular complexity index is 511. The number of amides is 1. The van der Waals surface area contributed by atoms with E-state index >= 15 is 0 Å². The van der Waals surface area contributed by atoms with Crippen LogP contribution < -0.4 is 10.2 Å². The first kappa shape index (κ1) is 21.9. The number of carbonyl (C=O) groups excluding carboxylic acids is 1. The van der Waals surface area contributed by atoms with Crippen LogP contribution in [0.15, 0.2) is 29.2 Å². The Morgan fingerprint density at radius 1 is 1.20 bits per heavy atom. The molecule has 0 spiro atoms. The predicted octanol–water partition coefficient (Wildman–Crippen LogP) is 3.48. The molecule has 0 atom stereocenters. The molecule has 0 radical (unpaired) electrons. The van der Waals surface area contributed by atoms with Crippen molar-refractivity contribution in [2.24, 2.45) is 0 Å². The van der Waals surface area contributed by atoms with Gasteiger partial charge in [0.25, 0.3) is 0 Å². The van der Waals surface area contributed by atoms with E-state index in [0.29, 0.717) is 6.54 Å². The van der Waals surface area contributed by atoms with Crippen LogP contribution in [0.4, 0.5) is 10.5 Å². The Balaban J connectivity index is 0.00000312. The molecule has 0 aromatic heterocycles. The molecule has 1 fully saturated rings. The van der Waals surface area contributed by atoms with Gasteiger partial charge in [-0.25, -0.2) is 4.79 Å². The Hall–Kier alpha value is -1.11. The number of anilines is 1. The van der Waals surface area contributed by atoms with Gasteiger partial charge < -0.3 is 15.0 Å². The maximum Gasteiger partial charge on any atom is 0.406 e. The van der Waals surface area contributed by atoms with E-state index in [1.807, 2.05) is 11.8 Å². The molecule has 1 saturated heterocycles. The number of thioether (sulfide) groups is 1. The fourth-order valence-corrected chi connectivity index (χ4v) is 3.76. The lowest BCUT2D eigenvalue weighted by molar-refractivity contribution is 0.170. The Labute approximate surface area is 161 Å². The lowest BCUT2D eigenvalue weighted by Crippen LogP contribution is -2.46. The molecule has 1 aromatic carbocycles. The van der Waals surface area contributed by atoms with Crippen LogP contribution in [0, 0.1) is 0 Å². The number of nitrogens with zero attached hydrogens (tertiary/aromatic N) is 2. The largest absolute Gasteiger partial charge is 0.453 e. The molecule has 0 saturated carbocycles. The van der Waals surface area contributed by atoms with Crippen molar-refractivity contribution in [3.05, 3.63) is 24.3 Å². The quantitative estimate of drug-likeness (QED) is 0.546. The lowest BCUT2D eigenvalue weighted by atomic mass is 10.2. The van der Waals surface area contributed by atoms with Crippen molar-refractivity contribution in [3.63, 3.8) is 0 Å². The molecular formula is C18H30ClN3O2S. The summed E-state index contributed by atoms with van der Waals surface area (Å²) in [5.41, 5.74) is 1.38. The zero-order valence-corrected chi connectivity index (χ0v) is 16.8. The molecule has 1 aromatic rings. The molecule has 1 aliphatic rings. The van der Waals surface area contributed by atoms with Crippen LogP contribution in [0.1, 0.15) is 19.8 Å². The molecule has 1 amide bonds. The van der Waals surface area contributed by atoms with Gasteiger partial charge in [-0.3, -0.25) is 4.90 Å². The van der Waals surface area contributed by atoms with E-state index in [4.69, 9.17) is 0 Å². The van der Waals surface area contributed by atoms with Crippen LogP contribution in [0.25, 0.3) is 0 Å². The molecule has 1 aliphatic heterocycles. The standard InChI is InChI=1S/C18H29N3O2S.ClH/c1-3-24-17-9-5-4-8-16(17)21-14-12-20(13-15-21)11-7-6-10-19-18(22)23-2;/h4-5,8-9H,3,6-7,10-15H2,1-2H3,(H,19,22);1H. The van der Waals surface area contributed by atoms with Crippen molar-refractivity contribution in [3.8, 4) is 0 Å². The summed E-state index contributed by atoms with van der Waals surface area (Å²) in [7, 11) is 1.39. The Morgan fingerprint density at radius 2 is 1.92 bits per heavy atom. The van der Waals surface area contributed by atoms with Gasteiger partial charge >= 0.3 is 6.09 Å². The van der Waals surface area contributed by atoms with Crippen molar-refractivity contribution < 1.29 is 9.53 Å². The third-order valence-corrected chi connectivity index (χ3v) is 5.18. The fraction of sp³-hybridized carbons (Fsp3) is 0.611. The number of ether oxygens (including phenoxy) is 1. The van der Waals surface area contributed by atoms with Gasteiger partial charge in [-0.05, 0) is 37.3 Å². The molecule has 1 N–H and O–H groups in total. The van der Waals surface area contributed by atoms with Gasteiger partial charge in [0.05, 0.1) is 12.8 Å². The minimum Gasteiger partial charge on any atom is -0.453 e. The maximum atomic E-state index is 11.0. The van der Waals surface area contributed by atoms with Crippen LogP contribution >= 0.6 is 24.2 Å². The van der Waals surface area contributed by atoms with E-state index in [2.05, 4.69) is 51.0 Å². The van der Waals surface area contributed by atoms with E-state index in [-0.39, 0.29) is 18.5 Å². The lowest BCUT2D eigenvalue weighted by Gasteiger charge is -2.37. The summed E-state index contributed by atoms with van der Waals surface area (Å²) in [6, 6.07) is 8.73. The summed E-state index contributed by atoms with van der Waals surface area (Å²) in [5, 5.41) is 2.73. The van der Waals surface area contributed by atoms with Crippen molar-refractivity contribution in [1.29, 1.82) is 0 Å². The number of carbonyl (C=O) groups is 1. The van der Waals surface area contributed by atoms with Gasteiger partial charge in [0.15, 0.2) is 0 Å². The summed E-state index contributed by atoms with van der Waals surface area (Å²) in [5.74, 6) is 1.11. The smallest absolute Gasteiger partial charge is 0.406 e. The molecular weight excluding hydrogens is 358 g/mol. The first-order chi connectivity index (χ1) is 11.7. The molecule has 5 nitrogen and oxygen atoms in total. The summed E-state index contributed by atoms with van der Waals surface area (Å²) in [6.45, 7) is 8.37. The van der Waals surface area contributed by atoms with Gasteiger partial charge in [0.1, 0.15) is 0 Å². The molecule has 142 valence electrons. The summed E-state index contributed by atoms with van der Waals surface area (Å²) in [4.78, 5) is 17.4. The van der Waals surface area contributed by atoms with Gasteiger partial charge in [-0.2, -0.15) is 0 Å². The van der Waals surface area contributed by atoms with Crippen LogP contribution in [0.2, 0.25) is 0 Å². The molecule has 0 aliphatic carbocycles. The summed E-state index contributed by atoms with van der Waals surface area (Å²) >= 11 is 1.92. The SMILES string of the molecule is CCSc1ccccc1N1CCN(CCCCNC(=O)OC)CC1.Cl. The highest BCUT2D eigenvalue weighted by Gasteiger charge is 2.18. The number of methoxy groups -OCH3 is 1. The number of benzene rings is 1. The van der Waals surface area contributed by atoms with Crippen molar-refractivity contribution in [2.75, 3.05) is 57.0 Å². The number of halogens is 1.